The molecule has 0 bridgehead atoms. The van der Waals surface area contributed by atoms with Gasteiger partial charge in [-0.15, -0.1) is 0 Å². The van der Waals surface area contributed by atoms with E-state index in [-0.39, 0.29) is 17.8 Å². The van der Waals surface area contributed by atoms with Crippen LogP contribution in [0.3, 0.4) is 0 Å². The monoisotopic (exact) mass is 397 g/mol. The largest absolute Gasteiger partial charge is 0.350 e. The molecule has 1 unspecified atom stereocenters. The number of carbonyl (C=O) groups excluding carboxylic acids is 1. The molecule has 1 amide bonds. The summed E-state index contributed by atoms with van der Waals surface area (Å²) in [6.45, 7) is 1.98. The van der Waals surface area contributed by atoms with Gasteiger partial charge < -0.3 is 5.32 Å². The molecule has 110 valence electrons. The SMILES string of the molecule is CC(CCc1ccccc1)NC(=O)c1ccc(F)cc1I. The van der Waals surface area contributed by atoms with Gasteiger partial charge in [0.1, 0.15) is 5.82 Å². The van der Waals surface area contributed by atoms with Gasteiger partial charge in [-0.2, -0.15) is 0 Å². The Morgan fingerprint density at radius 3 is 2.62 bits per heavy atom. The van der Waals surface area contributed by atoms with Crippen LogP contribution in [0, 0.1) is 9.39 Å². The zero-order valence-electron chi connectivity index (χ0n) is 11.8. The van der Waals surface area contributed by atoms with Gasteiger partial charge >= 0.3 is 0 Å². The number of aryl methyl sites for hydroxylation is 1. The van der Waals surface area contributed by atoms with Crippen molar-refractivity contribution in [3.63, 3.8) is 0 Å². The zero-order valence-corrected chi connectivity index (χ0v) is 13.9. The Bertz CT molecular complexity index is 615. The fourth-order valence-electron chi connectivity index (χ4n) is 2.08. The molecule has 21 heavy (non-hydrogen) atoms. The smallest absolute Gasteiger partial charge is 0.252 e. The number of amides is 1. The first-order chi connectivity index (χ1) is 10.1. The van der Waals surface area contributed by atoms with Gasteiger partial charge in [-0.25, -0.2) is 4.39 Å². The van der Waals surface area contributed by atoms with Crippen LogP contribution in [0.25, 0.3) is 0 Å². The normalized spacial score (nSPS) is 12.0. The van der Waals surface area contributed by atoms with E-state index in [9.17, 15) is 9.18 Å². The van der Waals surface area contributed by atoms with Crippen molar-refractivity contribution < 1.29 is 9.18 Å². The summed E-state index contributed by atoms with van der Waals surface area (Å²) in [5, 5.41) is 2.96. The quantitative estimate of drug-likeness (QED) is 0.754. The molecule has 0 aromatic heterocycles. The van der Waals surface area contributed by atoms with Crippen molar-refractivity contribution >= 4 is 28.5 Å². The number of carbonyl (C=O) groups is 1. The lowest BCUT2D eigenvalue weighted by Gasteiger charge is -2.14. The predicted octanol–water partition coefficient (Wildman–Crippen LogP) is 4.18. The minimum Gasteiger partial charge on any atom is -0.350 e. The summed E-state index contributed by atoms with van der Waals surface area (Å²) in [5.41, 5.74) is 1.78. The highest BCUT2D eigenvalue weighted by Gasteiger charge is 2.13. The molecule has 2 aromatic carbocycles. The first-order valence-electron chi connectivity index (χ1n) is 6.86. The van der Waals surface area contributed by atoms with Gasteiger partial charge in [-0.05, 0) is 66.1 Å². The van der Waals surface area contributed by atoms with Crippen LogP contribution >= 0.6 is 22.6 Å². The molecule has 2 nitrogen and oxygen atoms in total. The number of hydrogen-bond donors (Lipinski definition) is 1. The third-order valence-electron chi connectivity index (χ3n) is 3.26. The van der Waals surface area contributed by atoms with Gasteiger partial charge in [0.05, 0.1) is 5.56 Å². The number of rotatable bonds is 5. The summed E-state index contributed by atoms with van der Waals surface area (Å²) in [4.78, 5) is 12.2. The van der Waals surface area contributed by atoms with Crippen LogP contribution in [0.2, 0.25) is 0 Å². The molecule has 0 saturated heterocycles. The first kappa shape index (κ1) is 15.9. The fourth-order valence-corrected chi connectivity index (χ4v) is 2.80. The van der Waals surface area contributed by atoms with Gasteiger partial charge in [0.2, 0.25) is 0 Å². The number of halogens is 2. The molecule has 0 fully saturated rings. The molecule has 0 spiro atoms. The van der Waals surface area contributed by atoms with Crippen LogP contribution in [0.4, 0.5) is 4.39 Å². The highest BCUT2D eigenvalue weighted by atomic mass is 127. The van der Waals surface area contributed by atoms with Crippen molar-refractivity contribution in [3.8, 4) is 0 Å². The Morgan fingerprint density at radius 2 is 1.95 bits per heavy atom. The summed E-state index contributed by atoms with van der Waals surface area (Å²) in [5.74, 6) is -0.479. The minimum atomic E-state index is -0.326. The molecule has 1 atom stereocenters. The molecule has 0 aliphatic heterocycles. The molecule has 0 aliphatic carbocycles. The lowest BCUT2D eigenvalue weighted by molar-refractivity contribution is 0.0937. The van der Waals surface area contributed by atoms with Crippen LogP contribution in [0.1, 0.15) is 29.3 Å². The molecule has 4 heteroatoms. The highest BCUT2D eigenvalue weighted by molar-refractivity contribution is 14.1. The summed E-state index contributed by atoms with van der Waals surface area (Å²) in [6.07, 6.45) is 1.79. The maximum atomic E-state index is 13.0. The third-order valence-corrected chi connectivity index (χ3v) is 4.15. The van der Waals surface area contributed by atoms with Crippen molar-refractivity contribution in [1.29, 1.82) is 0 Å². The molecular formula is C17H17FINO. The minimum absolute atomic E-state index is 0.0681. The number of benzene rings is 2. The standard InChI is InChI=1S/C17H17FINO/c1-12(7-8-13-5-3-2-4-6-13)20-17(21)15-10-9-14(18)11-16(15)19/h2-6,9-12H,7-8H2,1H3,(H,20,21). The van der Waals surface area contributed by atoms with E-state index in [1.807, 2.05) is 47.7 Å². The Morgan fingerprint density at radius 1 is 1.24 bits per heavy atom. The fraction of sp³-hybridized carbons (Fsp3) is 0.235. The van der Waals surface area contributed by atoms with E-state index in [2.05, 4.69) is 17.4 Å². The van der Waals surface area contributed by atoms with Crippen molar-refractivity contribution in [3.05, 3.63) is 69.0 Å². The number of hydrogen-bond acceptors (Lipinski definition) is 1. The van der Waals surface area contributed by atoms with Crippen LogP contribution in [-0.2, 0) is 6.42 Å². The summed E-state index contributed by atoms with van der Waals surface area (Å²) in [7, 11) is 0. The lowest BCUT2D eigenvalue weighted by Crippen LogP contribution is -2.33. The molecule has 0 aliphatic rings. The second kappa shape index (κ2) is 7.54. The van der Waals surface area contributed by atoms with Crippen LogP contribution < -0.4 is 5.32 Å². The van der Waals surface area contributed by atoms with Crippen LogP contribution in [0.5, 0.6) is 0 Å². The maximum absolute atomic E-state index is 13.0. The van der Waals surface area contributed by atoms with E-state index in [0.717, 1.165) is 12.8 Å². The average molecular weight is 397 g/mol. The molecule has 0 saturated carbocycles. The van der Waals surface area contributed by atoms with E-state index in [1.165, 1.54) is 23.8 Å². The summed E-state index contributed by atoms with van der Waals surface area (Å²) < 4.78 is 13.7. The van der Waals surface area contributed by atoms with Crippen molar-refractivity contribution in [2.45, 2.75) is 25.8 Å². The summed E-state index contributed by atoms with van der Waals surface area (Å²) in [6, 6.07) is 14.4. The maximum Gasteiger partial charge on any atom is 0.252 e. The van der Waals surface area contributed by atoms with E-state index >= 15 is 0 Å². The van der Waals surface area contributed by atoms with Gasteiger partial charge in [0, 0.05) is 9.61 Å². The van der Waals surface area contributed by atoms with Crippen molar-refractivity contribution in [2.24, 2.45) is 0 Å². The number of nitrogens with one attached hydrogen (secondary N) is 1. The Balaban J connectivity index is 1.90. The molecule has 2 aromatic rings. The van der Waals surface area contributed by atoms with Crippen LogP contribution in [0.15, 0.2) is 48.5 Å². The molecule has 1 N–H and O–H groups in total. The van der Waals surface area contributed by atoms with Gasteiger partial charge in [-0.3, -0.25) is 4.79 Å². The molecule has 0 heterocycles. The van der Waals surface area contributed by atoms with E-state index < -0.39 is 0 Å². The topological polar surface area (TPSA) is 29.1 Å². The molecule has 2 rings (SSSR count). The third kappa shape index (κ3) is 4.81. The second-order valence-corrected chi connectivity index (χ2v) is 6.19. The zero-order chi connectivity index (χ0) is 15.2. The van der Waals surface area contributed by atoms with Gasteiger partial charge in [0.15, 0.2) is 0 Å². The Kier molecular flexibility index (Phi) is 5.73. The highest BCUT2D eigenvalue weighted by Crippen LogP contribution is 2.14. The lowest BCUT2D eigenvalue weighted by atomic mass is 10.1. The van der Waals surface area contributed by atoms with Crippen LogP contribution in [-0.4, -0.2) is 11.9 Å². The van der Waals surface area contributed by atoms with Gasteiger partial charge in [0.25, 0.3) is 5.91 Å². The van der Waals surface area contributed by atoms with E-state index in [4.69, 9.17) is 0 Å². The predicted molar refractivity (Wildman–Crippen MR) is 90.8 cm³/mol. The van der Waals surface area contributed by atoms with Gasteiger partial charge in [-0.1, -0.05) is 30.3 Å². The Labute approximate surface area is 137 Å². The first-order valence-corrected chi connectivity index (χ1v) is 7.94. The van der Waals surface area contributed by atoms with Crippen molar-refractivity contribution in [1.82, 2.24) is 5.32 Å². The van der Waals surface area contributed by atoms with E-state index in [1.54, 1.807) is 0 Å². The second-order valence-electron chi connectivity index (χ2n) is 5.02. The molecular weight excluding hydrogens is 380 g/mol. The Hall–Kier alpha value is -1.43. The summed E-state index contributed by atoms with van der Waals surface area (Å²) >= 11 is 1.98. The molecule has 0 radical (unpaired) electrons. The average Bonchev–Trinajstić information content (AvgIpc) is 2.46. The van der Waals surface area contributed by atoms with E-state index in [0.29, 0.717) is 9.13 Å². The van der Waals surface area contributed by atoms with Crippen molar-refractivity contribution in [2.75, 3.05) is 0 Å².